The van der Waals surface area contributed by atoms with Crippen LogP contribution in [0.2, 0.25) is 0 Å². The van der Waals surface area contributed by atoms with Crippen LogP contribution < -0.4 is 15.0 Å². The predicted octanol–water partition coefficient (Wildman–Crippen LogP) is 2.51. The van der Waals surface area contributed by atoms with E-state index in [0.717, 1.165) is 56.3 Å². The summed E-state index contributed by atoms with van der Waals surface area (Å²) in [7, 11) is 0. The van der Waals surface area contributed by atoms with Crippen LogP contribution in [0.4, 0.5) is 11.5 Å². The number of anilines is 2. The van der Waals surface area contributed by atoms with E-state index < -0.39 is 0 Å². The van der Waals surface area contributed by atoms with E-state index in [1.165, 1.54) is 11.6 Å². The summed E-state index contributed by atoms with van der Waals surface area (Å²) in [4.78, 5) is 18.7. The quantitative estimate of drug-likeness (QED) is 0.858. The first-order valence-corrected chi connectivity index (χ1v) is 8.81. The van der Waals surface area contributed by atoms with Crippen LogP contribution in [-0.4, -0.2) is 43.8 Å². The Morgan fingerprint density at radius 1 is 1.15 bits per heavy atom. The number of carbonyl (C=O) groups is 1. The minimum atomic E-state index is -0.201. The van der Waals surface area contributed by atoms with Crippen LogP contribution in [0, 0.1) is 0 Å². The van der Waals surface area contributed by atoms with Gasteiger partial charge >= 0.3 is 0 Å². The highest BCUT2D eigenvalue weighted by Gasteiger charge is 2.12. The highest BCUT2D eigenvalue weighted by Crippen LogP contribution is 2.26. The Bertz CT molecular complexity index is 812. The van der Waals surface area contributed by atoms with Crippen molar-refractivity contribution in [2.24, 2.45) is 0 Å². The highest BCUT2D eigenvalue weighted by molar-refractivity contribution is 6.01. The second-order valence-electron chi connectivity index (χ2n) is 6.29. The summed E-state index contributed by atoms with van der Waals surface area (Å²) in [5.41, 5.74) is 3.22. The highest BCUT2D eigenvalue weighted by atomic mass is 16.5. The third-order valence-electron chi connectivity index (χ3n) is 4.52. The van der Waals surface area contributed by atoms with Crippen molar-refractivity contribution >= 4 is 23.5 Å². The maximum Gasteiger partial charge on any atom is 0.249 e. The van der Waals surface area contributed by atoms with Gasteiger partial charge in [-0.2, -0.15) is 0 Å². The van der Waals surface area contributed by atoms with Crippen LogP contribution in [0.3, 0.4) is 0 Å². The van der Waals surface area contributed by atoms with Crippen molar-refractivity contribution in [2.75, 3.05) is 43.1 Å². The first kappa shape index (κ1) is 16.6. The summed E-state index contributed by atoms with van der Waals surface area (Å²) in [5, 5.41) is 2.79. The van der Waals surface area contributed by atoms with E-state index in [2.05, 4.69) is 21.3 Å². The van der Waals surface area contributed by atoms with Crippen molar-refractivity contribution < 1.29 is 14.3 Å². The molecule has 2 aromatic rings. The molecule has 1 amide bonds. The van der Waals surface area contributed by atoms with Gasteiger partial charge in [-0.05, 0) is 41.5 Å². The molecule has 2 aliphatic rings. The Hall–Kier alpha value is -2.86. The average molecular weight is 351 g/mol. The fourth-order valence-corrected chi connectivity index (χ4v) is 3.12. The zero-order valence-corrected chi connectivity index (χ0v) is 14.5. The molecule has 1 N–H and O–H groups in total. The Morgan fingerprint density at radius 2 is 2.04 bits per heavy atom. The van der Waals surface area contributed by atoms with Crippen molar-refractivity contribution in [3.8, 4) is 5.75 Å². The molecule has 1 saturated heterocycles. The van der Waals surface area contributed by atoms with Crippen LogP contribution in [0.25, 0.3) is 6.08 Å². The molecule has 6 nitrogen and oxygen atoms in total. The molecule has 2 aliphatic heterocycles. The number of rotatable bonds is 4. The molecular weight excluding hydrogens is 330 g/mol. The van der Waals surface area contributed by atoms with E-state index in [-0.39, 0.29) is 5.91 Å². The van der Waals surface area contributed by atoms with Crippen molar-refractivity contribution in [2.45, 2.75) is 6.42 Å². The van der Waals surface area contributed by atoms with Crippen LogP contribution in [0.15, 0.2) is 42.6 Å². The van der Waals surface area contributed by atoms with Crippen LogP contribution in [0.5, 0.6) is 5.75 Å². The molecule has 0 saturated carbocycles. The number of hydrogen-bond acceptors (Lipinski definition) is 5. The molecule has 0 spiro atoms. The third kappa shape index (κ3) is 3.86. The normalized spacial score (nSPS) is 16.4. The number of nitrogens with one attached hydrogen (secondary N) is 1. The zero-order valence-electron chi connectivity index (χ0n) is 14.5. The van der Waals surface area contributed by atoms with Crippen LogP contribution in [0.1, 0.15) is 11.1 Å². The molecule has 1 fully saturated rings. The molecule has 0 atom stereocenters. The second-order valence-corrected chi connectivity index (χ2v) is 6.29. The predicted molar refractivity (Wildman–Crippen MR) is 101 cm³/mol. The van der Waals surface area contributed by atoms with Crippen molar-refractivity contribution in [3.05, 3.63) is 53.7 Å². The molecule has 0 radical (unpaired) electrons. The summed E-state index contributed by atoms with van der Waals surface area (Å²) in [6, 6.07) is 9.75. The molecule has 6 heteroatoms. The average Bonchev–Trinajstić information content (AvgIpc) is 3.15. The van der Waals surface area contributed by atoms with Gasteiger partial charge < -0.3 is 19.7 Å². The van der Waals surface area contributed by atoms with E-state index in [9.17, 15) is 4.79 Å². The molecule has 3 heterocycles. The van der Waals surface area contributed by atoms with Crippen LogP contribution >= 0.6 is 0 Å². The first-order chi connectivity index (χ1) is 12.8. The second kappa shape index (κ2) is 7.58. The van der Waals surface area contributed by atoms with Gasteiger partial charge in [0.15, 0.2) is 0 Å². The number of morpholine rings is 1. The summed E-state index contributed by atoms with van der Waals surface area (Å²) in [5.74, 6) is 1.28. The number of nitrogens with zero attached hydrogens (tertiary/aromatic N) is 2. The summed E-state index contributed by atoms with van der Waals surface area (Å²) < 4.78 is 10.8. The van der Waals surface area contributed by atoms with E-state index in [1.807, 2.05) is 24.3 Å². The smallest absolute Gasteiger partial charge is 0.249 e. The van der Waals surface area contributed by atoms with Gasteiger partial charge in [-0.3, -0.25) is 4.79 Å². The first-order valence-electron chi connectivity index (χ1n) is 8.81. The van der Waals surface area contributed by atoms with E-state index in [4.69, 9.17) is 9.47 Å². The number of hydrogen-bond donors (Lipinski definition) is 1. The maximum absolute atomic E-state index is 12.1. The van der Waals surface area contributed by atoms with Gasteiger partial charge in [0.2, 0.25) is 5.91 Å². The SMILES string of the molecule is O=C(/C=C/c1ccc2c(c1)CCO2)Nc1ccc(N2CCOCC2)cn1. The number of aromatic nitrogens is 1. The van der Waals surface area contributed by atoms with Gasteiger partial charge in [0.25, 0.3) is 0 Å². The van der Waals surface area contributed by atoms with Gasteiger partial charge in [0, 0.05) is 25.6 Å². The number of pyridine rings is 1. The van der Waals surface area contributed by atoms with Crippen molar-refractivity contribution in [3.63, 3.8) is 0 Å². The van der Waals surface area contributed by atoms with E-state index in [1.54, 1.807) is 12.3 Å². The molecule has 26 heavy (non-hydrogen) atoms. The van der Waals surface area contributed by atoms with Crippen molar-refractivity contribution in [1.82, 2.24) is 4.98 Å². The maximum atomic E-state index is 12.1. The number of fused-ring (bicyclic) bond motifs is 1. The van der Waals surface area contributed by atoms with Gasteiger partial charge in [-0.15, -0.1) is 0 Å². The lowest BCUT2D eigenvalue weighted by Gasteiger charge is -2.28. The monoisotopic (exact) mass is 351 g/mol. The Kier molecular flexibility index (Phi) is 4.84. The van der Waals surface area contributed by atoms with Crippen molar-refractivity contribution in [1.29, 1.82) is 0 Å². The Morgan fingerprint density at radius 3 is 2.85 bits per heavy atom. The third-order valence-corrected chi connectivity index (χ3v) is 4.52. The lowest BCUT2D eigenvalue weighted by atomic mass is 10.1. The summed E-state index contributed by atoms with van der Waals surface area (Å²) in [6.07, 6.45) is 6.03. The molecule has 4 rings (SSSR count). The number of ether oxygens (including phenoxy) is 2. The minimum Gasteiger partial charge on any atom is -0.493 e. The number of amides is 1. The fourth-order valence-electron chi connectivity index (χ4n) is 3.12. The van der Waals surface area contributed by atoms with Gasteiger partial charge in [0.05, 0.1) is 31.7 Å². The number of benzene rings is 1. The lowest BCUT2D eigenvalue weighted by molar-refractivity contribution is -0.111. The minimum absolute atomic E-state index is 0.201. The standard InChI is InChI=1S/C20H21N3O3/c24-20(6-2-15-1-4-18-16(13-15)7-10-26-18)22-19-5-3-17(14-21-19)23-8-11-25-12-9-23/h1-6,13-14H,7-12H2,(H,21,22,24)/b6-2+. The van der Waals surface area contributed by atoms with Gasteiger partial charge in [-0.1, -0.05) is 6.07 Å². The topological polar surface area (TPSA) is 63.7 Å². The Labute approximate surface area is 152 Å². The molecule has 1 aromatic heterocycles. The molecule has 134 valence electrons. The van der Waals surface area contributed by atoms with E-state index in [0.29, 0.717) is 5.82 Å². The molecule has 0 aliphatic carbocycles. The molecular formula is C20H21N3O3. The fraction of sp³-hybridized carbons (Fsp3) is 0.300. The summed E-state index contributed by atoms with van der Waals surface area (Å²) >= 11 is 0. The number of carbonyl (C=O) groups excluding carboxylic acids is 1. The molecule has 0 unspecified atom stereocenters. The lowest BCUT2D eigenvalue weighted by Crippen LogP contribution is -2.36. The van der Waals surface area contributed by atoms with Gasteiger partial charge in [0.1, 0.15) is 11.6 Å². The van der Waals surface area contributed by atoms with Gasteiger partial charge in [-0.25, -0.2) is 4.98 Å². The van der Waals surface area contributed by atoms with Crippen LogP contribution in [-0.2, 0) is 16.0 Å². The van der Waals surface area contributed by atoms with E-state index >= 15 is 0 Å². The molecule has 0 bridgehead atoms. The Balaban J connectivity index is 1.35. The summed E-state index contributed by atoms with van der Waals surface area (Å²) in [6.45, 7) is 3.93. The zero-order chi connectivity index (χ0) is 17.8. The largest absolute Gasteiger partial charge is 0.493 e. The molecule has 1 aromatic carbocycles.